The number of methoxy groups -OCH3 is 1. The Labute approximate surface area is 210 Å². The second-order valence-corrected chi connectivity index (χ2v) is 8.92. The van der Waals surface area contributed by atoms with Gasteiger partial charge in [0.1, 0.15) is 0 Å². The van der Waals surface area contributed by atoms with Crippen molar-refractivity contribution in [3.05, 3.63) is 95.1 Å². The highest BCUT2D eigenvalue weighted by atomic mass is 16.5. The quantitative estimate of drug-likeness (QED) is 0.477. The number of rotatable bonds is 5. The van der Waals surface area contributed by atoms with E-state index in [1.165, 1.54) is 14.2 Å². The molecule has 3 aromatic rings. The minimum atomic E-state index is -0.677. The summed E-state index contributed by atoms with van der Waals surface area (Å²) in [6.45, 7) is 0.618. The highest BCUT2D eigenvalue weighted by Gasteiger charge is 2.45. The van der Waals surface area contributed by atoms with Gasteiger partial charge in [-0.25, -0.2) is 4.79 Å². The first-order valence-electron chi connectivity index (χ1n) is 11.9. The maximum atomic E-state index is 13.6. The summed E-state index contributed by atoms with van der Waals surface area (Å²) in [5.74, 6) is -0.390. The van der Waals surface area contributed by atoms with E-state index in [1.807, 2.05) is 18.2 Å². The zero-order chi connectivity index (χ0) is 25.7. The first-order chi connectivity index (χ1) is 17.4. The van der Waals surface area contributed by atoms with Crippen molar-refractivity contribution < 1.29 is 19.1 Å². The normalized spacial score (nSPS) is 14.2. The first-order valence-corrected chi connectivity index (χ1v) is 11.9. The smallest absolute Gasteiger partial charge is 0.423 e. The van der Waals surface area contributed by atoms with Crippen molar-refractivity contribution in [2.75, 3.05) is 25.6 Å². The number of carbonyl (C=O) groups excluding carboxylic acids is 3. The van der Waals surface area contributed by atoms with Crippen LogP contribution in [0, 0.1) is 11.3 Å². The maximum Gasteiger partial charge on any atom is 0.528 e. The van der Waals surface area contributed by atoms with Crippen molar-refractivity contribution in [2.24, 2.45) is 0 Å². The van der Waals surface area contributed by atoms with Gasteiger partial charge in [-0.15, -0.1) is 4.48 Å². The van der Waals surface area contributed by atoms with Gasteiger partial charge in [0, 0.05) is 30.8 Å². The van der Waals surface area contributed by atoms with Crippen LogP contribution in [0.1, 0.15) is 39.9 Å². The van der Waals surface area contributed by atoms with E-state index in [-0.39, 0.29) is 5.91 Å². The molecule has 36 heavy (non-hydrogen) atoms. The van der Waals surface area contributed by atoms with E-state index in [0.717, 1.165) is 29.7 Å². The molecular formula is C29H28N3O4+. The molecule has 3 aromatic carbocycles. The molecule has 1 aliphatic rings. The average Bonchev–Trinajstić information content (AvgIpc) is 2.94. The Balaban J connectivity index is 1.56. The van der Waals surface area contributed by atoms with E-state index >= 15 is 0 Å². The van der Waals surface area contributed by atoms with Crippen LogP contribution in [0.2, 0.25) is 0 Å². The molecule has 0 radical (unpaired) electrons. The lowest BCUT2D eigenvalue weighted by Gasteiger charge is -2.31. The Morgan fingerprint density at radius 1 is 1.03 bits per heavy atom. The average molecular weight is 483 g/mol. The van der Waals surface area contributed by atoms with E-state index < -0.39 is 16.5 Å². The summed E-state index contributed by atoms with van der Waals surface area (Å²) in [4.78, 5) is 41.3. The lowest BCUT2D eigenvalue weighted by molar-refractivity contribution is -0.118. The van der Waals surface area contributed by atoms with Gasteiger partial charge in [-0.05, 0) is 60.7 Å². The number of ether oxygens (including phenoxy) is 1. The number of nitriles is 1. The summed E-state index contributed by atoms with van der Waals surface area (Å²) >= 11 is 0. The largest absolute Gasteiger partial charge is 0.528 e. The number of aryl methyl sites for hydroxylation is 2. The van der Waals surface area contributed by atoms with Gasteiger partial charge in [-0.2, -0.15) is 10.1 Å². The molecule has 7 nitrogen and oxygen atoms in total. The van der Waals surface area contributed by atoms with Gasteiger partial charge < -0.3 is 9.64 Å². The van der Waals surface area contributed by atoms with E-state index in [0.29, 0.717) is 36.2 Å². The Morgan fingerprint density at radius 3 is 2.42 bits per heavy atom. The van der Waals surface area contributed by atoms with Crippen LogP contribution in [-0.2, 0) is 22.4 Å². The first kappa shape index (κ1) is 24.8. The molecule has 1 atom stereocenters. The highest BCUT2D eigenvalue weighted by molar-refractivity contribution is 6.13. The molecule has 182 valence electrons. The fraction of sp³-hybridized carbons (Fsp3) is 0.241. The van der Waals surface area contributed by atoms with Crippen molar-refractivity contribution in [3.8, 4) is 6.07 Å². The molecule has 3 amide bonds. The number of fused-ring (bicyclic) bond motifs is 1. The van der Waals surface area contributed by atoms with E-state index in [1.54, 1.807) is 59.5 Å². The summed E-state index contributed by atoms with van der Waals surface area (Å²) in [5, 5.41) is 8.95. The molecule has 1 heterocycles. The summed E-state index contributed by atoms with van der Waals surface area (Å²) < 4.78 is 4.34. The third kappa shape index (κ3) is 4.77. The van der Waals surface area contributed by atoms with Gasteiger partial charge in [-0.3, -0.25) is 4.79 Å². The monoisotopic (exact) mass is 482 g/mol. The lowest BCUT2D eigenvalue weighted by Crippen LogP contribution is -2.55. The second kappa shape index (κ2) is 10.5. The number of amides is 3. The predicted octanol–water partition coefficient (Wildman–Crippen LogP) is 5.01. The Kier molecular flexibility index (Phi) is 7.28. The molecule has 0 saturated heterocycles. The van der Waals surface area contributed by atoms with Crippen molar-refractivity contribution in [3.63, 3.8) is 0 Å². The van der Waals surface area contributed by atoms with Crippen LogP contribution < -0.4 is 9.38 Å². The number of carbonyl (C=O) groups is 3. The standard InChI is InChI=1S/C29H28N3O4/c1-32(29(35)36-2,25-8-4-3-5-9-25)28(34)24-15-16-26-23(19-24)7-6-18-31(26)27(33)17-14-21-10-12-22(20-30)13-11-21/h3-5,8-13,15-16,19H,6-7,14,17-18H2,1-2H3/q+1. The van der Waals surface area contributed by atoms with Crippen LogP contribution in [0.3, 0.4) is 0 Å². The SMILES string of the molecule is COC(=O)[N+](C)(C(=O)c1ccc2c(c1)CCCN2C(=O)CCc1ccc(C#N)cc1)c1ccccc1. The Morgan fingerprint density at radius 2 is 1.75 bits per heavy atom. The molecule has 0 saturated carbocycles. The molecule has 1 aliphatic heterocycles. The molecule has 1 unspecified atom stereocenters. The number of nitrogens with zero attached hydrogens (tertiary/aromatic N) is 3. The zero-order valence-corrected chi connectivity index (χ0v) is 20.4. The maximum absolute atomic E-state index is 13.6. The predicted molar refractivity (Wildman–Crippen MR) is 137 cm³/mol. The molecule has 0 bridgehead atoms. The van der Waals surface area contributed by atoms with Gasteiger partial charge in [0.25, 0.3) is 0 Å². The number of imide groups is 1. The molecular weight excluding hydrogens is 454 g/mol. The van der Waals surface area contributed by atoms with Gasteiger partial charge in [-0.1, -0.05) is 30.3 Å². The van der Waals surface area contributed by atoms with Crippen LogP contribution in [0.5, 0.6) is 0 Å². The second-order valence-electron chi connectivity index (χ2n) is 8.92. The number of anilines is 1. The minimum Gasteiger partial charge on any atom is -0.423 e. The van der Waals surface area contributed by atoms with Crippen LogP contribution >= 0.6 is 0 Å². The number of benzene rings is 3. The van der Waals surface area contributed by atoms with Crippen molar-refractivity contribution in [2.45, 2.75) is 25.7 Å². The van der Waals surface area contributed by atoms with Crippen LogP contribution in [-0.4, -0.2) is 38.6 Å². The van der Waals surface area contributed by atoms with Crippen LogP contribution in [0.4, 0.5) is 16.2 Å². The highest BCUT2D eigenvalue weighted by Crippen LogP contribution is 2.31. The van der Waals surface area contributed by atoms with Gasteiger partial charge in [0.2, 0.25) is 5.91 Å². The van der Waals surface area contributed by atoms with Crippen LogP contribution in [0.15, 0.2) is 72.8 Å². The van der Waals surface area contributed by atoms with E-state index in [9.17, 15) is 14.4 Å². The Bertz CT molecular complexity index is 1330. The third-order valence-corrected chi connectivity index (χ3v) is 6.68. The van der Waals surface area contributed by atoms with Crippen LogP contribution in [0.25, 0.3) is 0 Å². The van der Waals surface area contributed by atoms with Gasteiger partial charge in [0.15, 0.2) is 5.69 Å². The molecule has 0 fully saturated rings. The minimum absolute atomic E-state index is 0.0128. The molecule has 4 rings (SSSR count). The number of quaternary nitrogens is 1. The molecule has 0 aromatic heterocycles. The summed E-state index contributed by atoms with van der Waals surface area (Å²) in [7, 11) is 2.80. The summed E-state index contributed by atoms with van der Waals surface area (Å²) in [6.07, 6.45) is 1.78. The molecule has 0 aliphatic carbocycles. The number of para-hydroxylation sites is 1. The topological polar surface area (TPSA) is 87.5 Å². The zero-order valence-electron chi connectivity index (χ0n) is 20.4. The fourth-order valence-corrected chi connectivity index (χ4v) is 4.59. The third-order valence-electron chi connectivity index (χ3n) is 6.68. The molecule has 0 spiro atoms. The molecule has 0 N–H and O–H groups in total. The summed E-state index contributed by atoms with van der Waals surface area (Å²) in [5.41, 5.74) is 4.19. The number of hydrogen-bond donors (Lipinski definition) is 0. The fourth-order valence-electron chi connectivity index (χ4n) is 4.59. The van der Waals surface area contributed by atoms with Gasteiger partial charge in [0.05, 0.1) is 31.4 Å². The van der Waals surface area contributed by atoms with Gasteiger partial charge >= 0.3 is 12.0 Å². The van der Waals surface area contributed by atoms with E-state index in [4.69, 9.17) is 10.00 Å². The summed E-state index contributed by atoms with van der Waals surface area (Å²) in [6, 6.07) is 23.4. The lowest BCUT2D eigenvalue weighted by atomic mass is 9.97. The number of hydrogen-bond acceptors (Lipinski definition) is 5. The van der Waals surface area contributed by atoms with E-state index in [2.05, 4.69) is 6.07 Å². The van der Waals surface area contributed by atoms with Crippen molar-refractivity contribution in [1.29, 1.82) is 5.26 Å². The Hall–Kier alpha value is -4.28. The van der Waals surface area contributed by atoms with Crippen molar-refractivity contribution in [1.82, 2.24) is 4.48 Å². The van der Waals surface area contributed by atoms with Crippen molar-refractivity contribution >= 4 is 29.3 Å². The molecule has 7 heteroatoms.